The largest absolute Gasteiger partial charge is 0.456 e. The summed E-state index contributed by atoms with van der Waals surface area (Å²) in [6.45, 7) is 1.88. The van der Waals surface area contributed by atoms with Gasteiger partial charge in [-0.3, -0.25) is 9.59 Å². The number of furan rings is 1. The maximum absolute atomic E-state index is 11.4. The van der Waals surface area contributed by atoms with Gasteiger partial charge in [-0.25, -0.2) is 0 Å². The second kappa shape index (κ2) is 3.88. The molecule has 0 atom stereocenters. The molecule has 0 aliphatic heterocycles. The summed E-state index contributed by atoms with van der Waals surface area (Å²) in [5.41, 5.74) is 0. The number of carbonyl (C=O) groups excluding carboxylic acids is 2. The fraction of sp³-hybridized carbons (Fsp3) is 0.455. The molecule has 4 nitrogen and oxygen atoms in total. The molecule has 1 aromatic rings. The first-order valence-electron chi connectivity index (χ1n) is 5.04. The summed E-state index contributed by atoms with van der Waals surface area (Å²) < 4.78 is 5.13. The van der Waals surface area contributed by atoms with Crippen LogP contribution in [-0.4, -0.2) is 18.2 Å². The molecule has 1 aliphatic carbocycles. The van der Waals surface area contributed by atoms with E-state index in [0.29, 0.717) is 5.76 Å². The van der Waals surface area contributed by atoms with Crippen molar-refractivity contribution in [2.45, 2.75) is 19.8 Å². The van der Waals surface area contributed by atoms with Gasteiger partial charge in [0.1, 0.15) is 5.76 Å². The van der Waals surface area contributed by atoms with Crippen molar-refractivity contribution in [1.82, 2.24) is 5.32 Å². The van der Waals surface area contributed by atoms with Crippen molar-refractivity contribution in [3.8, 4) is 0 Å². The molecule has 0 saturated heterocycles. The average Bonchev–Trinajstić information content (AvgIpc) is 2.97. The van der Waals surface area contributed by atoms with Crippen LogP contribution in [-0.2, 0) is 4.79 Å². The number of hydrogen-bond acceptors (Lipinski definition) is 3. The first-order chi connectivity index (χ1) is 7.16. The number of aryl methyl sites for hydroxylation is 1. The van der Waals surface area contributed by atoms with E-state index in [1.54, 1.807) is 19.1 Å². The molecule has 2 rings (SSSR count). The van der Waals surface area contributed by atoms with Crippen molar-refractivity contribution in [1.29, 1.82) is 0 Å². The summed E-state index contributed by atoms with van der Waals surface area (Å²) in [5, 5.41) is 2.55. The van der Waals surface area contributed by atoms with Gasteiger partial charge in [0.15, 0.2) is 11.5 Å². The van der Waals surface area contributed by atoms with Crippen molar-refractivity contribution < 1.29 is 14.0 Å². The van der Waals surface area contributed by atoms with Crippen LogP contribution in [0.25, 0.3) is 0 Å². The predicted octanol–water partition coefficient (Wildman–Crippen LogP) is 1.30. The van der Waals surface area contributed by atoms with Crippen LogP contribution >= 0.6 is 0 Å². The van der Waals surface area contributed by atoms with E-state index < -0.39 is 0 Å². The van der Waals surface area contributed by atoms with Crippen LogP contribution in [0.1, 0.15) is 29.2 Å². The zero-order valence-corrected chi connectivity index (χ0v) is 8.58. The van der Waals surface area contributed by atoms with E-state index in [1.807, 2.05) is 0 Å². The van der Waals surface area contributed by atoms with Gasteiger partial charge in [0, 0.05) is 5.92 Å². The molecule has 0 aromatic carbocycles. The van der Waals surface area contributed by atoms with Crippen molar-refractivity contribution in [3.05, 3.63) is 23.7 Å². The molecule has 1 heterocycles. The summed E-state index contributed by atoms with van der Waals surface area (Å²) in [6, 6.07) is 3.32. The minimum absolute atomic E-state index is 0.114. The van der Waals surface area contributed by atoms with Crippen molar-refractivity contribution >= 4 is 11.7 Å². The van der Waals surface area contributed by atoms with Crippen molar-refractivity contribution in [2.24, 2.45) is 5.92 Å². The summed E-state index contributed by atoms with van der Waals surface area (Å²) in [4.78, 5) is 22.7. The second-order valence-electron chi connectivity index (χ2n) is 3.83. The van der Waals surface area contributed by atoms with Gasteiger partial charge in [-0.05, 0) is 31.9 Å². The highest BCUT2D eigenvalue weighted by Crippen LogP contribution is 2.29. The van der Waals surface area contributed by atoms with Crippen molar-refractivity contribution in [2.75, 3.05) is 6.54 Å². The molecule has 1 amide bonds. The first-order valence-corrected chi connectivity index (χ1v) is 5.04. The number of carbonyl (C=O) groups is 2. The second-order valence-corrected chi connectivity index (χ2v) is 3.83. The number of rotatable bonds is 4. The molecule has 0 bridgehead atoms. The number of Topliss-reactive ketones (excluding diaryl/α,β-unsaturated/α-hetero) is 1. The first kappa shape index (κ1) is 9.96. The molecule has 0 unspecified atom stereocenters. The minimum atomic E-state index is -0.322. The van der Waals surface area contributed by atoms with E-state index in [2.05, 4.69) is 5.32 Å². The molecule has 80 valence electrons. The Morgan fingerprint density at radius 2 is 2.20 bits per heavy atom. The van der Waals surface area contributed by atoms with Gasteiger partial charge in [0.25, 0.3) is 5.91 Å². The zero-order valence-electron chi connectivity index (χ0n) is 8.58. The quantitative estimate of drug-likeness (QED) is 0.809. The highest BCUT2D eigenvalue weighted by Gasteiger charge is 2.29. The Morgan fingerprint density at radius 3 is 2.73 bits per heavy atom. The van der Waals surface area contributed by atoms with Crippen LogP contribution < -0.4 is 5.32 Å². The maximum atomic E-state index is 11.4. The van der Waals surface area contributed by atoms with Gasteiger partial charge in [0.05, 0.1) is 6.54 Å². The Labute approximate surface area is 87.6 Å². The van der Waals surface area contributed by atoms with Crippen LogP contribution in [0.15, 0.2) is 16.5 Å². The number of nitrogens with one attached hydrogen (secondary N) is 1. The van der Waals surface area contributed by atoms with Crippen LogP contribution in [0, 0.1) is 12.8 Å². The normalized spacial score (nSPS) is 15.0. The topological polar surface area (TPSA) is 59.3 Å². The molecule has 1 fully saturated rings. The van der Waals surface area contributed by atoms with Gasteiger partial charge in [-0.2, -0.15) is 0 Å². The standard InChI is InChI=1S/C11H13NO3/c1-7-2-5-10(15-7)11(14)12-6-9(13)8-3-4-8/h2,5,8H,3-4,6H2,1H3,(H,12,14). The van der Waals surface area contributed by atoms with E-state index in [9.17, 15) is 9.59 Å². The van der Waals surface area contributed by atoms with E-state index in [1.165, 1.54) is 0 Å². The van der Waals surface area contributed by atoms with Crippen LogP contribution in [0.3, 0.4) is 0 Å². The Balaban J connectivity index is 1.84. The SMILES string of the molecule is Cc1ccc(C(=O)NCC(=O)C2CC2)o1. The third kappa shape index (κ3) is 2.46. The average molecular weight is 207 g/mol. The maximum Gasteiger partial charge on any atom is 0.287 e. The lowest BCUT2D eigenvalue weighted by atomic mass is 10.2. The zero-order chi connectivity index (χ0) is 10.8. The molecule has 4 heteroatoms. The summed E-state index contributed by atoms with van der Waals surface area (Å²) >= 11 is 0. The number of hydrogen-bond donors (Lipinski definition) is 1. The van der Waals surface area contributed by atoms with E-state index in [-0.39, 0.29) is 29.9 Å². The fourth-order valence-electron chi connectivity index (χ4n) is 1.36. The molecule has 1 aliphatic rings. The molecule has 0 spiro atoms. The smallest absolute Gasteiger partial charge is 0.287 e. The molecule has 15 heavy (non-hydrogen) atoms. The fourth-order valence-corrected chi connectivity index (χ4v) is 1.36. The Bertz CT molecular complexity index is 390. The van der Waals surface area contributed by atoms with Crippen molar-refractivity contribution in [3.63, 3.8) is 0 Å². The lowest BCUT2D eigenvalue weighted by molar-refractivity contribution is -0.119. The lowest BCUT2D eigenvalue weighted by Gasteiger charge is -2.00. The van der Waals surface area contributed by atoms with Gasteiger partial charge in [0.2, 0.25) is 0 Å². The highest BCUT2D eigenvalue weighted by atomic mass is 16.3. The number of amides is 1. The molecule has 1 saturated carbocycles. The predicted molar refractivity (Wildman–Crippen MR) is 53.5 cm³/mol. The number of ketones is 1. The highest BCUT2D eigenvalue weighted by molar-refractivity contribution is 5.95. The molecular formula is C11H13NO3. The third-order valence-electron chi connectivity index (χ3n) is 2.42. The Hall–Kier alpha value is -1.58. The lowest BCUT2D eigenvalue weighted by Crippen LogP contribution is -2.29. The molecular weight excluding hydrogens is 194 g/mol. The minimum Gasteiger partial charge on any atom is -0.456 e. The summed E-state index contributed by atoms with van der Waals surface area (Å²) in [5.74, 6) is 0.928. The van der Waals surface area contributed by atoms with Gasteiger partial charge >= 0.3 is 0 Å². The summed E-state index contributed by atoms with van der Waals surface area (Å²) in [7, 11) is 0. The van der Waals surface area contributed by atoms with Crippen LogP contribution in [0.4, 0.5) is 0 Å². The molecule has 1 N–H and O–H groups in total. The van der Waals surface area contributed by atoms with E-state index >= 15 is 0 Å². The monoisotopic (exact) mass is 207 g/mol. The van der Waals surface area contributed by atoms with Crippen LogP contribution in [0.2, 0.25) is 0 Å². The Morgan fingerprint density at radius 1 is 1.47 bits per heavy atom. The van der Waals surface area contributed by atoms with Gasteiger partial charge in [-0.15, -0.1) is 0 Å². The molecule has 1 aromatic heterocycles. The Kier molecular flexibility index (Phi) is 2.58. The van der Waals surface area contributed by atoms with E-state index in [4.69, 9.17) is 4.42 Å². The van der Waals surface area contributed by atoms with Gasteiger partial charge in [-0.1, -0.05) is 0 Å². The third-order valence-corrected chi connectivity index (χ3v) is 2.42. The molecule has 0 radical (unpaired) electrons. The van der Waals surface area contributed by atoms with E-state index in [0.717, 1.165) is 12.8 Å². The summed E-state index contributed by atoms with van der Waals surface area (Å²) in [6.07, 6.45) is 1.93. The van der Waals surface area contributed by atoms with Crippen LogP contribution in [0.5, 0.6) is 0 Å². The van der Waals surface area contributed by atoms with Gasteiger partial charge < -0.3 is 9.73 Å².